The van der Waals surface area contributed by atoms with E-state index in [1.807, 2.05) is 18.2 Å². The van der Waals surface area contributed by atoms with Crippen LogP contribution in [0.4, 0.5) is 5.69 Å². The first-order valence-electron chi connectivity index (χ1n) is 10.1. The molecular formula is C25H27N3. The normalized spacial score (nSPS) is 23.5. The van der Waals surface area contributed by atoms with Crippen LogP contribution in [0.5, 0.6) is 0 Å². The fraction of sp³-hybridized carbons (Fsp3) is 0.240. The lowest BCUT2D eigenvalue weighted by Gasteiger charge is -2.39. The van der Waals surface area contributed by atoms with Gasteiger partial charge in [0.25, 0.3) is 0 Å². The Morgan fingerprint density at radius 2 is 1.39 bits per heavy atom. The van der Waals surface area contributed by atoms with Crippen LogP contribution in [0.1, 0.15) is 43.0 Å². The van der Waals surface area contributed by atoms with E-state index < -0.39 is 0 Å². The molecule has 3 nitrogen and oxygen atoms in total. The Labute approximate surface area is 167 Å². The van der Waals surface area contributed by atoms with Crippen molar-refractivity contribution in [3.05, 3.63) is 102 Å². The van der Waals surface area contributed by atoms with E-state index in [4.69, 9.17) is 5.10 Å². The van der Waals surface area contributed by atoms with Crippen molar-refractivity contribution >= 4 is 11.4 Å². The van der Waals surface area contributed by atoms with Crippen molar-refractivity contribution in [1.29, 1.82) is 0 Å². The minimum atomic E-state index is 0.251. The molecule has 2 N–H and O–H groups in total. The highest BCUT2D eigenvalue weighted by Gasteiger charge is 2.35. The molecule has 0 radical (unpaired) electrons. The minimum absolute atomic E-state index is 0.251. The SMILES string of the molecule is CCC1/C(=N/Nc2ccccc2)CC(c2ccccc2)NC1c1ccccc1. The molecule has 3 heteroatoms. The van der Waals surface area contributed by atoms with Crippen molar-refractivity contribution in [3.63, 3.8) is 0 Å². The van der Waals surface area contributed by atoms with Gasteiger partial charge in [-0.3, -0.25) is 5.43 Å². The first-order chi connectivity index (χ1) is 13.8. The van der Waals surface area contributed by atoms with Gasteiger partial charge >= 0.3 is 0 Å². The summed E-state index contributed by atoms with van der Waals surface area (Å²) in [6.07, 6.45) is 1.95. The summed E-state index contributed by atoms with van der Waals surface area (Å²) in [4.78, 5) is 0. The molecule has 0 aromatic heterocycles. The summed E-state index contributed by atoms with van der Waals surface area (Å²) in [5.41, 5.74) is 8.17. The van der Waals surface area contributed by atoms with E-state index in [0.29, 0.717) is 5.92 Å². The largest absolute Gasteiger partial charge is 0.302 e. The molecule has 3 aromatic rings. The van der Waals surface area contributed by atoms with Crippen LogP contribution in [0.15, 0.2) is 96.1 Å². The number of benzene rings is 3. The zero-order valence-electron chi connectivity index (χ0n) is 16.3. The van der Waals surface area contributed by atoms with E-state index >= 15 is 0 Å². The highest BCUT2D eigenvalue weighted by atomic mass is 15.3. The second kappa shape index (κ2) is 8.85. The van der Waals surface area contributed by atoms with Gasteiger partial charge < -0.3 is 5.32 Å². The highest BCUT2D eigenvalue weighted by Crippen LogP contribution is 2.37. The minimum Gasteiger partial charge on any atom is -0.302 e. The highest BCUT2D eigenvalue weighted by molar-refractivity contribution is 5.89. The predicted octanol–water partition coefficient (Wildman–Crippen LogP) is 5.96. The Hall–Kier alpha value is -2.91. The Kier molecular flexibility index (Phi) is 5.83. The Bertz CT molecular complexity index is 891. The summed E-state index contributed by atoms with van der Waals surface area (Å²) in [5, 5.41) is 8.79. The molecule has 3 aromatic carbocycles. The molecule has 4 rings (SSSR count). The third kappa shape index (κ3) is 4.15. The summed E-state index contributed by atoms with van der Waals surface area (Å²) in [6.45, 7) is 2.25. The lowest BCUT2D eigenvalue weighted by atomic mass is 9.79. The monoisotopic (exact) mass is 369 g/mol. The molecule has 1 heterocycles. The molecule has 28 heavy (non-hydrogen) atoms. The number of nitrogens with one attached hydrogen (secondary N) is 2. The van der Waals surface area contributed by atoms with E-state index in [-0.39, 0.29) is 12.1 Å². The number of nitrogens with zero attached hydrogens (tertiary/aromatic N) is 1. The third-order valence-corrected chi connectivity index (χ3v) is 5.53. The van der Waals surface area contributed by atoms with E-state index in [0.717, 1.165) is 18.5 Å². The van der Waals surface area contributed by atoms with Gasteiger partial charge in [-0.15, -0.1) is 0 Å². The van der Waals surface area contributed by atoms with Crippen LogP contribution in [0.2, 0.25) is 0 Å². The Balaban J connectivity index is 1.67. The van der Waals surface area contributed by atoms with Crippen LogP contribution in [-0.2, 0) is 0 Å². The number of piperidine rings is 1. The van der Waals surface area contributed by atoms with Gasteiger partial charge in [-0.2, -0.15) is 5.10 Å². The predicted molar refractivity (Wildman–Crippen MR) is 117 cm³/mol. The van der Waals surface area contributed by atoms with Crippen molar-refractivity contribution in [2.24, 2.45) is 11.0 Å². The zero-order valence-corrected chi connectivity index (χ0v) is 16.3. The van der Waals surface area contributed by atoms with Crippen molar-refractivity contribution in [2.45, 2.75) is 31.8 Å². The number of hydrogen-bond donors (Lipinski definition) is 2. The van der Waals surface area contributed by atoms with Gasteiger partial charge in [-0.05, 0) is 29.7 Å². The molecule has 0 spiro atoms. The van der Waals surface area contributed by atoms with Gasteiger partial charge in [-0.1, -0.05) is 85.8 Å². The molecule has 3 unspecified atom stereocenters. The molecule has 3 atom stereocenters. The average Bonchev–Trinajstić information content (AvgIpc) is 2.79. The molecule has 1 aliphatic heterocycles. The molecule has 0 bridgehead atoms. The van der Waals surface area contributed by atoms with Gasteiger partial charge in [0.15, 0.2) is 0 Å². The molecular weight excluding hydrogens is 342 g/mol. The first kappa shape index (κ1) is 18.5. The molecule has 1 fully saturated rings. The standard InChI is InChI=1S/C25H27N3/c1-2-22-24(28-27-21-16-10-5-11-17-21)18-23(19-12-6-3-7-13-19)26-25(22)20-14-8-4-9-15-20/h3-17,22-23,25-27H,2,18H2,1H3/b28-24+. The van der Waals surface area contributed by atoms with Crippen LogP contribution in [0.25, 0.3) is 0 Å². The van der Waals surface area contributed by atoms with Crippen LogP contribution in [0, 0.1) is 5.92 Å². The van der Waals surface area contributed by atoms with E-state index in [9.17, 15) is 0 Å². The second-order valence-corrected chi connectivity index (χ2v) is 7.32. The molecule has 0 amide bonds. The molecule has 1 aliphatic rings. The van der Waals surface area contributed by atoms with E-state index in [2.05, 4.69) is 90.5 Å². The maximum atomic E-state index is 4.88. The second-order valence-electron chi connectivity index (χ2n) is 7.32. The quantitative estimate of drug-likeness (QED) is 0.545. The first-order valence-corrected chi connectivity index (χ1v) is 10.1. The average molecular weight is 370 g/mol. The van der Waals surface area contributed by atoms with Gasteiger partial charge in [0.1, 0.15) is 0 Å². The van der Waals surface area contributed by atoms with Gasteiger partial charge in [-0.25, -0.2) is 0 Å². The van der Waals surface area contributed by atoms with Gasteiger partial charge in [0.05, 0.1) is 5.69 Å². The number of hydrogen-bond acceptors (Lipinski definition) is 3. The number of rotatable bonds is 5. The van der Waals surface area contributed by atoms with E-state index in [1.165, 1.54) is 16.8 Å². The third-order valence-electron chi connectivity index (χ3n) is 5.53. The maximum absolute atomic E-state index is 4.88. The van der Waals surface area contributed by atoms with E-state index in [1.54, 1.807) is 0 Å². The lowest BCUT2D eigenvalue weighted by molar-refractivity contribution is 0.343. The smallest absolute Gasteiger partial charge is 0.0561 e. The van der Waals surface area contributed by atoms with Crippen LogP contribution in [0.3, 0.4) is 0 Å². The summed E-state index contributed by atoms with van der Waals surface area (Å²) >= 11 is 0. The van der Waals surface area contributed by atoms with Gasteiger partial charge in [0, 0.05) is 30.1 Å². The number of anilines is 1. The molecule has 0 saturated carbocycles. The summed E-state index contributed by atoms with van der Waals surface area (Å²) in [7, 11) is 0. The molecule has 1 saturated heterocycles. The summed E-state index contributed by atoms with van der Waals surface area (Å²) in [6, 6.07) is 32.1. The Morgan fingerprint density at radius 3 is 2.00 bits per heavy atom. The lowest BCUT2D eigenvalue weighted by Crippen LogP contribution is -2.42. The Morgan fingerprint density at radius 1 is 0.821 bits per heavy atom. The molecule has 142 valence electrons. The number of para-hydroxylation sites is 1. The zero-order chi connectivity index (χ0) is 19.2. The van der Waals surface area contributed by atoms with Crippen LogP contribution >= 0.6 is 0 Å². The van der Waals surface area contributed by atoms with Gasteiger partial charge in [0.2, 0.25) is 0 Å². The topological polar surface area (TPSA) is 36.4 Å². The van der Waals surface area contributed by atoms with Crippen molar-refractivity contribution in [1.82, 2.24) is 5.32 Å². The van der Waals surface area contributed by atoms with Crippen LogP contribution < -0.4 is 10.7 Å². The fourth-order valence-electron chi connectivity index (χ4n) is 4.08. The van der Waals surface area contributed by atoms with Crippen molar-refractivity contribution in [2.75, 3.05) is 5.43 Å². The van der Waals surface area contributed by atoms with Crippen molar-refractivity contribution in [3.8, 4) is 0 Å². The number of hydrazone groups is 1. The fourth-order valence-corrected chi connectivity index (χ4v) is 4.08. The molecule has 0 aliphatic carbocycles. The summed E-state index contributed by atoms with van der Waals surface area (Å²) in [5.74, 6) is 0.360. The maximum Gasteiger partial charge on any atom is 0.0561 e. The van der Waals surface area contributed by atoms with Crippen molar-refractivity contribution < 1.29 is 0 Å². The summed E-state index contributed by atoms with van der Waals surface area (Å²) < 4.78 is 0. The van der Waals surface area contributed by atoms with Crippen LogP contribution in [-0.4, -0.2) is 5.71 Å².